The summed E-state index contributed by atoms with van der Waals surface area (Å²) in [7, 11) is 0. The van der Waals surface area contributed by atoms with Crippen LogP contribution in [0.2, 0.25) is 0 Å². The van der Waals surface area contributed by atoms with Crippen LogP contribution in [0, 0.1) is 10.1 Å². The number of nitrogens with zero attached hydrogens (tertiary/aromatic N) is 2. The Bertz CT molecular complexity index is 714. The Hall–Kier alpha value is -3.22. The molecular formula is C15H13N3O4. The van der Waals surface area contributed by atoms with Crippen molar-refractivity contribution in [1.29, 1.82) is 0 Å². The fourth-order valence-corrected chi connectivity index (χ4v) is 1.75. The zero-order chi connectivity index (χ0) is 15.9. The van der Waals surface area contributed by atoms with Gasteiger partial charge < -0.3 is 5.11 Å². The lowest BCUT2D eigenvalue weighted by Gasteiger charge is -2.01. The molecule has 22 heavy (non-hydrogen) atoms. The van der Waals surface area contributed by atoms with Crippen LogP contribution in [0.4, 0.5) is 5.69 Å². The minimum Gasteiger partial charge on any atom is -0.507 e. The van der Waals surface area contributed by atoms with Crippen molar-refractivity contribution in [2.24, 2.45) is 5.10 Å². The predicted octanol–water partition coefficient (Wildman–Crippen LogP) is 1.99. The molecule has 7 nitrogen and oxygen atoms in total. The Morgan fingerprint density at radius 1 is 1.27 bits per heavy atom. The maximum absolute atomic E-state index is 11.7. The number of hydrazone groups is 1. The van der Waals surface area contributed by atoms with Gasteiger partial charge in [-0.3, -0.25) is 14.9 Å². The van der Waals surface area contributed by atoms with Crippen LogP contribution in [0.15, 0.2) is 53.6 Å². The molecule has 0 aliphatic carbocycles. The molecule has 0 unspecified atom stereocenters. The highest BCUT2D eigenvalue weighted by molar-refractivity contribution is 5.86. The number of carbonyl (C=O) groups excluding carboxylic acids is 1. The van der Waals surface area contributed by atoms with Gasteiger partial charge in [-0.1, -0.05) is 30.3 Å². The van der Waals surface area contributed by atoms with Gasteiger partial charge in [0.2, 0.25) is 5.91 Å². The van der Waals surface area contributed by atoms with Gasteiger partial charge in [-0.05, 0) is 11.6 Å². The van der Waals surface area contributed by atoms with E-state index < -0.39 is 4.92 Å². The molecule has 0 aromatic heterocycles. The largest absolute Gasteiger partial charge is 0.507 e. The first-order valence-corrected chi connectivity index (χ1v) is 6.39. The van der Waals surface area contributed by atoms with Gasteiger partial charge in [0, 0.05) is 17.7 Å². The van der Waals surface area contributed by atoms with Crippen LogP contribution in [-0.4, -0.2) is 22.2 Å². The molecular weight excluding hydrogens is 286 g/mol. The lowest BCUT2D eigenvalue weighted by molar-refractivity contribution is -0.384. The zero-order valence-corrected chi connectivity index (χ0v) is 11.5. The number of nitrogens with one attached hydrogen (secondary N) is 1. The van der Waals surface area contributed by atoms with Crippen molar-refractivity contribution in [1.82, 2.24) is 5.43 Å². The molecule has 0 radical (unpaired) electrons. The molecule has 7 heteroatoms. The minimum absolute atomic E-state index is 0.147. The number of aromatic hydroxyl groups is 1. The quantitative estimate of drug-likeness (QED) is 0.500. The summed E-state index contributed by atoms with van der Waals surface area (Å²) < 4.78 is 0. The fourth-order valence-electron chi connectivity index (χ4n) is 1.75. The van der Waals surface area contributed by atoms with Crippen molar-refractivity contribution in [3.63, 3.8) is 0 Å². The van der Waals surface area contributed by atoms with Gasteiger partial charge in [0.05, 0.1) is 17.6 Å². The topological polar surface area (TPSA) is 105 Å². The Balaban J connectivity index is 1.99. The van der Waals surface area contributed by atoms with Gasteiger partial charge in [0.15, 0.2) is 0 Å². The summed E-state index contributed by atoms with van der Waals surface area (Å²) in [5.74, 6) is -0.487. The lowest BCUT2D eigenvalue weighted by atomic mass is 10.1. The second kappa shape index (κ2) is 6.98. The van der Waals surface area contributed by atoms with E-state index in [4.69, 9.17) is 0 Å². The van der Waals surface area contributed by atoms with E-state index in [0.717, 1.165) is 11.8 Å². The third-order valence-corrected chi connectivity index (χ3v) is 2.82. The molecule has 0 spiro atoms. The number of hydrogen-bond donors (Lipinski definition) is 2. The van der Waals surface area contributed by atoms with E-state index in [0.29, 0.717) is 0 Å². The van der Waals surface area contributed by atoms with Crippen LogP contribution in [0.25, 0.3) is 0 Å². The first kappa shape index (κ1) is 15.2. The first-order chi connectivity index (χ1) is 10.6. The fraction of sp³-hybridized carbons (Fsp3) is 0.0667. The monoisotopic (exact) mass is 299 g/mol. The van der Waals surface area contributed by atoms with Crippen molar-refractivity contribution < 1.29 is 14.8 Å². The minimum atomic E-state index is -0.579. The average Bonchev–Trinajstić information content (AvgIpc) is 2.50. The summed E-state index contributed by atoms with van der Waals surface area (Å²) in [4.78, 5) is 21.7. The van der Waals surface area contributed by atoms with E-state index in [1.807, 2.05) is 30.3 Å². The Morgan fingerprint density at radius 3 is 2.68 bits per heavy atom. The van der Waals surface area contributed by atoms with Gasteiger partial charge in [0.1, 0.15) is 5.75 Å². The second-order valence-corrected chi connectivity index (χ2v) is 4.46. The number of phenols is 1. The molecule has 2 aromatic rings. The summed E-state index contributed by atoms with van der Waals surface area (Å²) >= 11 is 0. The first-order valence-electron chi connectivity index (χ1n) is 6.39. The van der Waals surface area contributed by atoms with Crippen LogP contribution in [-0.2, 0) is 11.2 Å². The normalized spacial score (nSPS) is 10.5. The highest BCUT2D eigenvalue weighted by atomic mass is 16.6. The summed E-state index contributed by atoms with van der Waals surface area (Å²) in [6.45, 7) is 0. The molecule has 0 saturated carbocycles. The number of benzene rings is 2. The molecule has 2 rings (SSSR count). The standard InChI is InChI=1S/C15H13N3O4/c19-14-7-6-13(18(21)22)9-12(14)10-16-17-15(20)8-11-4-2-1-3-5-11/h1-7,9-10,19H,8H2,(H,17,20)/b16-10-. The van der Waals surface area contributed by atoms with Gasteiger partial charge in [0.25, 0.3) is 5.69 Å². The molecule has 0 saturated heterocycles. The number of phenolic OH excluding ortho intramolecular Hbond substituents is 1. The highest BCUT2D eigenvalue weighted by Gasteiger charge is 2.09. The van der Waals surface area contributed by atoms with E-state index in [9.17, 15) is 20.0 Å². The summed E-state index contributed by atoms with van der Waals surface area (Å²) in [6.07, 6.45) is 1.32. The van der Waals surface area contributed by atoms with E-state index in [1.54, 1.807) is 0 Å². The molecule has 0 fully saturated rings. The number of hydrogen-bond acceptors (Lipinski definition) is 5. The molecule has 2 aromatic carbocycles. The SMILES string of the molecule is O=C(Cc1ccccc1)N/N=C\c1cc([N+](=O)[O-])ccc1O. The van der Waals surface area contributed by atoms with Gasteiger partial charge in [-0.2, -0.15) is 5.10 Å². The second-order valence-electron chi connectivity index (χ2n) is 4.46. The molecule has 0 atom stereocenters. The molecule has 0 aliphatic rings. The highest BCUT2D eigenvalue weighted by Crippen LogP contribution is 2.21. The molecule has 2 N–H and O–H groups in total. The van der Waals surface area contributed by atoms with Crippen LogP contribution in [0.3, 0.4) is 0 Å². The number of nitro benzene ring substituents is 1. The third-order valence-electron chi connectivity index (χ3n) is 2.82. The Labute approximate surface area is 126 Å². The maximum atomic E-state index is 11.7. The Morgan fingerprint density at radius 2 is 2.00 bits per heavy atom. The zero-order valence-electron chi connectivity index (χ0n) is 11.5. The molecule has 0 aliphatic heterocycles. The molecule has 0 bridgehead atoms. The van der Waals surface area contributed by atoms with E-state index in [-0.39, 0.29) is 29.3 Å². The van der Waals surface area contributed by atoms with Crippen LogP contribution >= 0.6 is 0 Å². The Kier molecular flexibility index (Phi) is 4.81. The average molecular weight is 299 g/mol. The number of carbonyl (C=O) groups is 1. The van der Waals surface area contributed by atoms with Crippen molar-refractivity contribution >= 4 is 17.8 Å². The maximum Gasteiger partial charge on any atom is 0.270 e. The molecule has 0 heterocycles. The van der Waals surface area contributed by atoms with Gasteiger partial charge in [-0.15, -0.1) is 0 Å². The smallest absolute Gasteiger partial charge is 0.270 e. The third kappa shape index (κ3) is 4.14. The molecule has 1 amide bonds. The van der Waals surface area contributed by atoms with Crippen molar-refractivity contribution in [3.8, 4) is 5.75 Å². The van der Waals surface area contributed by atoms with Crippen LogP contribution in [0.5, 0.6) is 5.75 Å². The van der Waals surface area contributed by atoms with E-state index >= 15 is 0 Å². The summed E-state index contributed by atoms with van der Waals surface area (Å²) in [5.41, 5.74) is 3.12. The molecule has 112 valence electrons. The number of rotatable bonds is 5. The van der Waals surface area contributed by atoms with Gasteiger partial charge >= 0.3 is 0 Å². The lowest BCUT2D eigenvalue weighted by Crippen LogP contribution is -2.19. The van der Waals surface area contributed by atoms with Crippen molar-refractivity contribution in [2.75, 3.05) is 0 Å². The van der Waals surface area contributed by atoms with E-state index in [1.165, 1.54) is 18.2 Å². The number of amides is 1. The summed E-state index contributed by atoms with van der Waals surface area (Å²) in [6, 6.07) is 12.7. The van der Waals surface area contributed by atoms with Crippen molar-refractivity contribution in [2.45, 2.75) is 6.42 Å². The van der Waals surface area contributed by atoms with Crippen LogP contribution < -0.4 is 5.43 Å². The van der Waals surface area contributed by atoms with Gasteiger partial charge in [-0.25, -0.2) is 5.43 Å². The van der Waals surface area contributed by atoms with Crippen LogP contribution in [0.1, 0.15) is 11.1 Å². The van der Waals surface area contributed by atoms with Crippen molar-refractivity contribution in [3.05, 3.63) is 69.8 Å². The predicted molar refractivity (Wildman–Crippen MR) is 80.6 cm³/mol. The number of nitro groups is 1. The van der Waals surface area contributed by atoms with E-state index in [2.05, 4.69) is 10.5 Å². The summed E-state index contributed by atoms with van der Waals surface area (Å²) in [5, 5.41) is 23.9. The number of non-ortho nitro benzene ring substituents is 1.